The molecule has 0 bridgehead atoms. The first-order valence-corrected chi connectivity index (χ1v) is 7.66. The lowest BCUT2D eigenvalue weighted by molar-refractivity contribution is -0.134. The summed E-state index contributed by atoms with van der Waals surface area (Å²) < 4.78 is 61.6. The van der Waals surface area contributed by atoms with Crippen molar-refractivity contribution in [3.8, 4) is 0 Å². The summed E-state index contributed by atoms with van der Waals surface area (Å²) in [4.78, 5) is 10.4. The first-order chi connectivity index (χ1) is 9.36. The predicted octanol–water partition coefficient (Wildman–Crippen LogP) is 2.64. The monoisotopic (exact) mass is 389 g/mol. The summed E-state index contributed by atoms with van der Waals surface area (Å²) >= 11 is 3.00. The third-order valence-corrected chi connectivity index (χ3v) is 5.39. The van der Waals surface area contributed by atoms with Gasteiger partial charge in [-0.3, -0.25) is 0 Å². The van der Waals surface area contributed by atoms with Crippen LogP contribution in [0.3, 0.4) is 0 Å². The Morgan fingerprint density at radius 1 is 1.38 bits per heavy atom. The maximum atomic E-state index is 12.3. The van der Waals surface area contributed by atoms with Gasteiger partial charge in [-0.1, -0.05) is 15.9 Å². The lowest BCUT2D eigenvalue weighted by Crippen LogP contribution is -2.36. The minimum atomic E-state index is -4.70. The van der Waals surface area contributed by atoms with E-state index in [1.807, 2.05) is 0 Å². The standard InChI is InChI=1S/C11H11BrF3NO4S/c1-6-8(12)3-7(10(17)18)4-9(6)21(19,20)16(2)5-11(13,14)15/h3-4H,5H2,1-2H3,(H,17,18). The van der Waals surface area contributed by atoms with E-state index in [1.165, 1.54) is 13.0 Å². The Bertz CT molecular complexity index is 673. The average molecular weight is 390 g/mol. The SMILES string of the molecule is Cc1c(Br)cc(C(=O)O)cc1S(=O)(=O)N(C)CC(F)(F)F. The molecule has 0 unspecified atom stereocenters. The van der Waals surface area contributed by atoms with Crippen molar-refractivity contribution in [2.75, 3.05) is 13.6 Å². The maximum absolute atomic E-state index is 12.3. The minimum Gasteiger partial charge on any atom is -0.478 e. The van der Waals surface area contributed by atoms with E-state index in [4.69, 9.17) is 5.11 Å². The second-order valence-corrected chi connectivity index (χ2v) is 7.13. The summed E-state index contributed by atoms with van der Waals surface area (Å²) in [5.41, 5.74) is -0.208. The molecule has 1 rings (SSSR count). The Labute approximate surface area is 127 Å². The van der Waals surface area contributed by atoms with E-state index >= 15 is 0 Å². The van der Waals surface area contributed by atoms with Crippen LogP contribution in [0.4, 0.5) is 13.2 Å². The van der Waals surface area contributed by atoms with Crippen LogP contribution < -0.4 is 0 Å². The Balaban J connectivity index is 3.41. The zero-order valence-electron chi connectivity index (χ0n) is 10.9. The van der Waals surface area contributed by atoms with Crippen molar-refractivity contribution in [2.45, 2.75) is 18.0 Å². The molecule has 0 atom stereocenters. The number of carbonyl (C=O) groups is 1. The highest BCUT2D eigenvalue weighted by Gasteiger charge is 2.35. The summed E-state index contributed by atoms with van der Waals surface area (Å²) in [6.45, 7) is -0.298. The van der Waals surface area contributed by atoms with Gasteiger partial charge in [0.05, 0.1) is 10.5 Å². The van der Waals surface area contributed by atoms with Gasteiger partial charge in [0.1, 0.15) is 6.54 Å². The molecule has 21 heavy (non-hydrogen) atoms. The molecule has 0 saturated carbocycles. The van der Waals surface area contributed by atoms with Gasteiger partial charge < -0.3 is 5.11 Å². The van der Waals surface area contributed by atoms with Crippen LogP contribution in [-0.2, 0) is 10.0 Å². The second kappa shape index (κ2) is 5.93. The molecule has 5 nitrogen and oxygen atoms in total. The fourth-order valence-corrected chi connectivity index (χ4v) is 3.57. The third-order valence-electron chi connectivity index (χ3n) is 2.63. The highest BCUT2D eigenvalue weighted by atomic mass is 79.9. The number of carboxylic acid groups (broad SMARTS) is 1. The van der Waals surface area contributed by atoms with E-state index in [0.717, 1.165) is 13.1 Å². The first-order valence-electron chi connectivity index (χ1n) is 5.43. The number of hydrogen-bond donors (Lipinski definition) is 1. The van der Waals surface area contributed by atoms with Gasteiger partial charge >= 0.3 is 12.1 Å². The molecule has 0 aliphatic heterocycles. The van der Waals surface area contributed by atoms with Crippen molar-refractivity contribution in [1.29, 1.82) is 0 Å². The molecule has 0 spiro atoms. The van der Waals surface area contributed by atoms with E-state index in [1.54, 1.807) is 0 Å². The van der Waals surface area contributed by atoms with Crippen LogP contribution in [0.1, 0.15) is 15.9 Å². The molecule has 0 heterocycles. The fraction of sp³-hybridized carbons (Fsp3) is 0.364. The summed E-state index contributed by atoms with van der Waals surface area (Å²) in [6.07, 6.45) is -4.70. The van der Waals surface area contributed by atoms with Crippen LogP contribution in [0, 0.1) is 6.92 Å². The van der Waals surface area contributed by atoms with Crippen LogP contribution in [0.2, 0.25) is 0 Å². The Hall–Kier alpha value is -1.13. The largest absolute Gasteiger partial charge is 0.478 e. The van der Waals surface area contributed by atoms with E-state index < -0.39 is 33.6 Å². The van der Waals surface area contributed by atoms with Crippen molar-refractivity contribution in [3.05, 3.63) is 27.7 Å². The molecule has 0 saturated heterocycles. The zero-order valence-corrected chi connectivity index (χ0v) is 13.3. The maximum Gasteiger partial charge on any atom is 0.402 e. The van der Waals surface area contributed by atoms with Crippen LogP contribution in [0.15, 0.2) is 21.5 Å². The average Bonchev–Trinajstić information content (AvgIpc) is 2.29. The number of hydrogen-bond acceptors (Lipinski definition) is 3. The normalized spacial score (nSPS) is 12.7. The quantitative estimate of drug-likeness (QED) is 0.858. The van der Waals surface area contributed by atoms with Crippen molar-refractivity contribution < 1.29 is 31.5 Å². The smallest absolute Gasteiger partial charge is 0.402 e. The molecule has 1 N–H and O–H groups in total. The predicted molar refractivity (Wildman–Crippen MR) is 71.7 cm³/mol. The van der Waals surface area contributed by atoms with Crippen molar-refractivity contribution in [1.82, 2.24) is 4.31 Å². The zero-order chi connectivity index (χ0) is 16.6. The topological polar surface area (TPSA) is 74.7 Å². The number of carboxylic acids is 1. The Kier molecular flexibility index (Phi) is 5.06. The molecule has 118 valence electrons. The molecule has 1 aromatic rings. The number of benzene rings is 1. The molecule has 1 aromatic carbocycles. The number of halogens is 4. The highest BCUT2D eigenvalue weighted by molar-refractivity contribution is 9.10. The minimum absolute atomic E-state index is 0.132. The fourth-order valence-electron chi connectivity index (χ4n) is 1.55. The number of sulfonamides is 1. The number of rotatable bonds is 4. The Morgan fingerprint density at radius 2 is 1.90 bits per heavy atom. The van der Waals surface area contributed by atoms with E-state index in [-0.39, 0.29) is 19.9 Å². The molecule has 10 heteroatoms. The van der Waals surface area contributed by atoms with E-state index in [9.17, 15) is 26.4 Å². The van der Waals surface area contributed by atoms with Crippen LogP contribution >= 0.6 is 15.9 Å². The van der Waals surface area contributed by atoms with Gasteiger partial charge in [-0.15, -0.1) is 0 Å². The van der Waals surface area contributed by atoms with Crippen molar-refractivity contribution in [3.63, 3.8) is 0 Å². The molecule has 0 amide bonds. The molecule has 0 aliphatic carbocycles. The molecular weight excluding hydrogens is 379 g/mol. The molecule has 0 fully saturated rings. The van der Waals surface area contributed by atoms with Gasteiger partial charge in [-0.05, 0) is 24.6 Å². The van der Waals surface area contributed by atoms with E-state index in [2.05, 4.69) is 15.9 Å². The van der Waals surface area contributed by atoms with Crippen LogP contribution in [0.5, 0.6) is 0 Å². The molecule has 0 aromatic heterocycles. The number of alkyl halides is 3. The summed E-state index contributed by atoms with van der Waals surface area (Å²) in [6, 6.07) is 2.02. The molecular formula is C11H11BrF3NO4S. The van der Waals surface area contributed by atoms with Gasteiger partial charge in [0.2, 0.25) is 10.0 Å². The molecule has 0 radical (unpaired) electrons. The second-order valence-electron chi connectivity index (χ2n) is 4.26. The van der Waals surface area contributed by atoms with Crippen LogP contribution in [0.25, 0.3) is 0 Å². The summed E-state index contributed by atoms with van der Waals surface area (Å²) in [7, 11) is -3.68. The van der Waals surface area contributed by atoms with Crippen molar-refractivity contribution in [2.24, 2.45) is 0 Å². The van der Waals surface area contributed by atoms with Gasteiger partial charge in [-0.25, -0.2) is 13.2 Å². The molecule has 0 aliphatic rings. The van der Waals surface area contributed by atoms with Gasteiger partial charge in [-0.2, -0.15) is 17.5 Å². The number of nitrogens with zero attached hydrogens (tertiary/aromatic N) is 1. The summed E-state index contributed by atoms with van der Waals surface area (Å²) in [5, 5.41) is 8.91. The summed E-state index contributed by atoms with van der Waals surface area (Å²) in [5.74, 6) is -1.38. The third kappa shape index (κ3) is 4.17. The number of aromatic carboxylic acids is 1. The lowest BCUT2D eigenvalue weighted by atomic mass is 10.1. The Morgan fingerprint density at radius 3 is 2.33 bits per heavy atom. The van der Waals surface area contributed by atoms with E-state index in [0.29, 0.717) is 0 Å². The van der Waals surface area contributed by atoms with Gasteiger partial charge in [0.15, 0.2) is 0 Å². The van der Waals surface area contributed by atoms with Gasteiger partial charge in [0.25, 0.3) is 0 Å². The van der Waals surface area contributed by atoms with Crippen LogP contribution in [-0.4, -0.2) is 43.6 Å². The highest BCUT2D eigenvalue weighted by Crippen LogP contribution is 2.29. The lowest BCUT2D eigenvalue weighted by Gasteiger charge is -2.20. The van der Waals surface area contributed by atoms with Crippen molar-refractivity contribution >= 4 is 31.9 Å². The van der Waals surface area contributed by atoms with Gasteiger partial charge in [0, 0.05) is 11.5 Å². The first kappa shape index (κ1) is 17.9.